The van der Waals surface area contributed by atoms with Crippen molar-refractivity contribution in [1.29, 1.82) is 0 Å². The van der Waals surface area contributed by atoms with E-state index in [-0.39, 0.29) is 11.6 Å². The average Bonchev–Trinajstić information content (AvgIpc) is 2.89. The van der Waals surface area contributed by atoms with Gasteiger partial charge in [-0.3, -0.25) is 4.68 Å². The van der Waals surface area contributed by atoms with Crippen LogP contribution in [0, 0.1) is 11.6 Å². The molecule has 0 spiro atoms. The fraction of sp³-hybridized carbons (Fsp3) is 0.389. The Hall–Kier alpha value is -2.77. The van der Waals surface area contributed by atoms with Crippen molar-refractivity contribution in [3.63, 3.8) is 0 Å². The van der Waals surface area contributed by atoms with E-state index in [2.05, 4.69) is 20.4 Å². The number of aryl methyl sites for hydroxylation is 1. The fourth-order valence-corrected chi connectivity index (χ4v) is 3.49. The number of nitrogens with one attached hydrogen (secondary N) is 1. The quantitative estimate of drug-likeness (QED) is 0.747. The number of hydrogen-bond donors (Lipinski definition) is 2. The monoisotopic (exact) mass is 358 g/mol. The van der Waals surface area contributed by atoms with Gasteiger partial charge in [-0.1, -0.05) is 19.3 Å². The summed E-state index contributed by atoms with van der Waals surface area (Å²) in [4.78, 5) is 8.97. The van der Waals surface area contributed by atoms with Crippen LogP contribution in [0.4, 0.5) is 20.5 Å². The maximum Gasteiger partial charge on any atom is 0.225 e. The maximum atomic E-state index is 14.4. The van der Waals surface area contributed by atoms with Crippen molar-refractivity contribution in [2.75, 3.05) is 11.1 Å². The van der Waals surface area contributed by atoms with E-state index < -0.39 is 11.6 Å². The molecule has 1 saturated carbocycles. The molecule has 1 aromatic carbocycles. The second-order valence-electron chi connectivity index (χ2n) is 6.71. The first-order valence-electron chi connectivity index (χ1n) is 8.75. The Morgan fingerprint density at radius 1 is 1.15 bits per heavy atom. The van der Waals surface area contributed by atoms with E-state index in [1.165, 1.54) is 23.2 Å². The van der Waals surface area contributed by atoms with Crippen LogP contribution < -0.4 is 11.1 Å². The van der Waals surface area contributed by atoms with Gasteiger partial charge in [-0.25, -0.2) is 13.8 Å². The van der Waals surface area contributed by atoms with Crippen LogP contribution in [0.1, 0.15) is 32.1 Å². The van der Waals surface area contributed by atoms with E-state index >= 15 is 0 Å². The van der Waals surface area contributed by atoms with Crippen LogP contribution in [-0.4, -0.2) is 25.8 Å². The number of aromatic nitrogens is 4. The molecule has 1 aliphatic rings. The molecular formula is C18H20F2N6. The largest absolute Gasteiger partial charge is 0.383 e. The van der Waals surface area contributed by atoms with Gasteiger partial charge in [0.1, 0.15) is 17.5 Å². The van der Waals surface area contributed by atoms with Crippen LogP contribution in [0.3, 0.4) is 0 Å². The number of halogens is 2. The number of anilines is 2. The summed E-state index contributed by atoms with van der Waals surface area (Å²) in [5, 5.41) is 8.10. The molecule has 0 amide bonds. The maximum absolute atomic E-state index is 14.4. The van der Waals surface area contributed by atoms with E-state index in [0.29, 0.717) is 28.5 Å². The van der Waals surface area contributed by atoms with E-state index in [4.69, 9.17) is 5.73 Å². The van der Waals surface area contributed by atoms with Gasteiger partial charge in [-0.15, -0.1) is 0 Å². The highest BCUT2D eigenvalue weighted by atomic mass is 19.1. The third-order valence-corrected chi connectivity index (χ3v) is 4.86. The first kappa shape index (κ1) is 16.7. The van der Waals surface area contributed by atoms with Crippen LogP contribution in [0.25, 0.3) is 22.3 Å². The molecule has 4 rings (SSSR count). The van der Waals surface area contributed by atoms with Crippen molar-refractivity contribution in [2.45, 2.75) is 38.1 Å². The molecule has 136 valence electrons. The Morgan fingerprint density at radius 2 is 1.92 bits per heavy atom. The minimum Gasteiger partial charge on any atom is -0.383 e. The average molecular weight is 358 g/mol. The van der Waals surface area contributed by atoms with Crippen molar-refractivity contribution in [1.82, 2.24) is 19.7 Å². The summed E-state index contributed by atoms with van der Waals surface area (Å²) in [6.45, 7) is 0. The number of rotatable bonds is 3. The zero-order valence-electron chi connectivity index (χ0n) is 14.5. The Balaban J connectivity index is 1.85. The molecule has 26 heavy (non-hydrogen) atoms. The zero-order chi connectivity index (χ0) is 18.3. The first-order chi connectivity index (χ1) is 12.5. The topological polar surface area (TPSA) is 81.7 Å². The molecule has 0 bridgehead atoms. The van der Waals surface area contributed by atoms with Crippen LogP contribution in [0.2, 0.25) is 0 Å². The van der Waals surface area contributed by atoms with E-state index in [0.717, 1.165) is 31.7 Å². The molecule has 0 radical (unpaired) electrons. The summed E-state index contributed by atoms with van der Waals surface area (Å²) in [5.74, 6) is -0.614. The van der Waals surface area contributed by atoms with Gasteiger partial charge in [-0.05, 0) is 25.0 Å². The standard InChI is InChI=1S/C18H20F2N6/c1-26-16(21)14-15(12-8-7-10(19)9-13(12)20)23-18(24-17(14)25-26)22-11-5-3-2-4-6-11/h7-9,11H,2-6,21H2,1H3,(H,22,24,25). The van der Waals surface area contributed by atoms with Crippen molar-refractivity contribution in [2.24, 2.45) is 7.05 Å². The zero-order valence-corrected chi connectivity index (χ0v) is 14.5. The molecule has 2 heterocycles. The van der Waals surface area contributed by atoms with Gasteiger partial charge < -0.3 is 11.1 Å². The summed E-state index contributed by atoms with van der Waals surface area (Å²) in [6.07, 6.45) is 5.66. The van der Waals surface area contributed by atoms with Gasteiger partial charge in [-0.2, -0.15) is 10.1 Å². The normalized spacial score (nSPS) is 15.5. The highest BCUT2D eigenvalue weighted by Gasteiger charge is 2.21. The van der Waals surface area contributed by atoms with Gasteiger partial charge in [0, 0.05) is 24.7 Å². The number of fused-ring (bicyclic) bond motifs is 1. The van der Waals surface area contributed by atoms with Crippen LogP contribution in [0.5, 0.6) is 0 Å². The molecule has 3 N–H and O–H groups in total. The number of nitrogens with two attached hydrogens (primary N) is 1. The Bertz CT molecular complexity index is 962. The number of hydrogen-bond acceptors (Lipinski definition) is 5. The van der Waals surface area contributed by atoms with Gasteiger partial charge in [0.15, 0.2) is 5.65 Å². The second-order valence-corrected chi connectivity index (χ2v) is 6.71. The van der Waals surface area contributed by atoms with Crippen LogP contribution in [0.15, 0.2) is 18.2 Å². The lowest BCUT2D eigenvalue weighted by Crippen LogP contribution is -2.23. The minimum absolute atomic E-state index is 0.171. The van der Waals surface area contributed by atoms with Crippen LogP contribution in [-0.2, 0) is 7.05 Å². The van der Waals surface area contributed by atoms with E-state index in [9.17, 15) is 8.78 Å². The van der Waals surface area contributed by atoms with E-state index in [1.54, 1.807) is 7.05 Å². The molecule has 0 aliphatic heterocycles. The highest BCUT2D eigenvalue weighted by Crippen LogP contribution is 2.33. The summed E-state index contributed by atoms with van der Waals surface area (Å²) >= 11 is 0. The summed E-state index contributed by atoms with van der Waals surface area (Å²) in [7, 11) is 1.69. The number of benzene rings is 1. The lowest BCUT2D eigenvalue weighted by Gasteiger charge is -2.22. The van der Waals surface area contributed by atoms with Gasteiger partial charge in [0.2, 0.25) is 5.95 Å². The summed E-state index contributed by atoms with van der Waals surface area (Å²) in [5.41, 5.74) is 6.97. The fourth-order valence-electron chi connectivity index (χ4n) is 3.49. The smallest absolute Gasteiger partial charge is 0.225 e. The van der Waals surface area contributed by atoms with Crippen LogP contribution >= 0.6 is 0 Å². The predicted octanol–water partition coefficient (Wildman–Crippen LogP) is 3.64. The Kier molecular flexibility index (Phi) is 4.18. The lowest BCUT2D eigenvalue weighted by molar-refractivity contribution is 0.461. The molecule has 0 atom stereocenters. The van der Waals surface area contributed by atoms with E-state index in [1.807, 2.05) is 0 Å². The molecule has 1 fully saturated rings. The predicted molar refractivity (Wildman–Crippen MR) is 96.6 cm³/mol. The number of nitrogens with zero attached hydrogens (tertiary/aromatic N) is 4. The van der Waals surface area contributed by atoms with Crippen molar-refractivity contribution in [3.8, 4) is 11.3 Å². The molecule has 2 aromatic heterocycles. The SMILES string of the molecule is Cn1nc2nc(NC3CCCCC3)nc(-c3ccc(F)cc3F)c2c1N. The molecule has 0 saturated heterocycles. The Morgan fingerprint density at radius 3 is 2.65 bits per heavy atom. The molecular weight excluding hydrogens is 338 g/mol. The Labute approximate surface area is 149 Å². The second kappa shape index (κ2) is 6.51. The van der Waals surface area contributed by atoms with Crippen molar-refractivity contribution >= 4 is 22.8 Å². The third-order valence-electron chi connectivity index (χ3n) is 4.86. The number of nitrogen functional groups attached to an aromatic ring is 1. The van der Waals surface area contributed by atoms with Crippen molar-refractivity contribution in [3.05, 3.63) is 29.8 Å². The molecule has 8 heteroatoms. The minimum atomic E-state index is -0.697. The first-order valence-corrected chi connectivity index (χ1v) is 8.75. The lowest BCUT2D eigenvalue weighted by atomic mass is 9.96. The van der Waals surface area contributed by atoms with Crippen molar-refractivity contribution < 1.29 is 8.78 Å². The molecule has 6 nitrogen and oxygen atoms in total. The molecule has 3 aromatic rings. The highest BCUT2D eigenvalue weighted by molar-refractivity contribution is 5.99. The third kappa shape index (κ3) is 2.95. The summed E-state index contributed by atoms with van der Waals surface area (Å²) in [6, 6.07) is 3.69. The molecule has 1 aliphatic carbocycles. The van der Waals surface area contributed by atoms with Gasteiger partial charge in [0.05, 0.1) is 11.1 Å². The van der Waals surface area contributed by atoms with Gasteiger partial charge in [0.25, 0.3) is 0 Å². The summed E-state index contributed by atoms with van der Waals surface area (Å²) < 4.78 is 29.2. The molecule has 0 unspecified atom stereocenters. The van der Waals surface area contributed by atoms with Gasteiger partial charge >= 0.3 is 0 Å².